The molecule has 0 aliphatic heterocycles. The Balaban J connectivity index is 2.16. The molecule has 0 aromatic carbocycles. The van der Waals surface area contributed by atoms with Crippen LogP contribution in [0.1, 0.15) is 11.1 Å². The third-order valence-corrected chi connectivity index (χ3v) is 2.81. The summed E-state index contributed by atoms with van der Waals surface area (Å²) in [4.78, 5) is 10.5. The van der Waals surface area contributed by atoms with Crippen molar-refractivity contribution in [2.24, 2.45) is 0 Å². The second-order valence-electron chi connectivity index (χ2n) is 4.25. The maximum absolute atomic E-state index is 4.21. The molecule has 0 radical (unpaired) electrons. The van der Waals surface area contributed by atoms with Crippen LogP contribution >= 0.6 is 0 Å². The van der Waals surface area contributed by atoms with Crippen LogP contribution in [0.5, 0.6) is 0 Å². The van der Waals surface area contributed by atoms with Gasteiger partial charge in [0.05, 0.1) is 11.9 Å². The van der Waals surface area contributed by atoms with Crippen LogP contribution in [0.4, 0.5) is 5.69 Å². The van der Waals surface area contributed by atoms with E-state index in [1.165, 1.54) is 11.1 Å². The number of hydrogen-bond acceptors (Lipinski definition) is 4. The molecule has 0 aliphatic carbocycles. The monoisotopic (exact) mass is 242 g/mol. The summed E-state index contributed by atoms with van der Waals surface area (Å²) >= 11 is 0. The average Bonchev–Trinajstić information content (AvgIpc) is 2.41. The highest BCUT2D eigenvalue weighted by atomic mass is 15.1. The molecular weight excluding hydrogens is 224 g/mol. The molecule has 0 amide bonds. The minimum Gasteiger partial charge on any atom is -0.369 e. The molecule has 94 valence electrons. The number of aromatic nitrogens is 2. The maximum atomic E-state index is 4.21. The SMILES string of the molecule is CNCc1ccncc1N(C)Cc1cccnc1. The molecule has 4 heteroatoms. The molecule has 0 saturated carbocycles. The van der Waals surface area contributed by atoms with Gasteiger partial charge in [0.15, 0.2) is 0 Å². The van der Waals surface area contributed by atoms with E-state index in [2.05, 4.69) is 33.3 Å². The molecule has 4 nitrogen and oxygen atoms in total. The highest BCUT2D eigenvalue weighted by Gasteiger charge is 2.07. The lowest BCUT2D eigenvalue weighted by atomic mass is 10.2. The number of rotatable bonds is 5. The summed E-state index contributed by atoms with van der Waals surface area (Å²) in [5, 5.41) is 3.18. The van der Waals surface area contributed by atoms with Crippen LogP contribution in [-0.2, 0) is 13.1 Å². The quantitative estimate of drug-likeness (QED) is 0.868. The van der Waals surface area contributed by atoms with Crippen molar-refractivity contribution in [1.82, 2.24) is 15.3 Å². The fourth-order valence-electron chi connectivity index (χ4n) is 1.95. The van der Waals surface area contributed by atoms with E-state index >= 15 is 0 Å². The van der Waals surface area contributed by atoms with Crippen molar-refractivity contribution in [2.75, 3.05) is 19.0 Å². The molecule has 2 aromatic heterocycles. The van der Waals surface area contributed by atoms with Crippen molar-refractivity contribution in [3.05, 3.63) is 54.1 Å². The lowest BCUT2D eigenvalue weighted by Crippen LogP contribution is -2.20. The Kier molecular flexibility index (Phi) is 4.25. The lowest BCUT2D eigenvalue weighted by molar-refractivity contribution is 0.802. The van der Waals surface area contributed by atoms with Crippen molar-refractivity contribution in [1.29, 1.82) is 0 Å². The number of pyridine rings is 2. The van der Waals surface area contributed by atoms with Crippen LogP contribution in [0.15, 0.2) is 43.0 Å². The van der Waals surface area contributed by atoms with E-state index in [9.17, 15) is 0 Å². The van der Waals surface area contributed by atoms with E-state index in [1.807, 2.05) is 37.8 Å². The van der Waals surface area contributed by atoms with E-state index in [0.717, 1.165) is 18.8 Å². The number of anilines is 1. The average molecular weight is 242 g/mol. The van der Waals surface area contributed by atoms with Crippen molar-refractivity contribution >= 4 is 5.69 Å². The molecule has 0 unspecified atom stereocenters. The van der Waals surface area contributed by atoms with Crippen LogP contribution in [0.25, 0.3) is 0 Å². The Bertz CT molecular complexity index is 484. The summed E-state index contributed by atoms with van der Waals surface area (Å²) in [7, 11) is 4.02. The molecule has 18 heavy (non-hydrogen) atoms. The van der Waals surface area contributed by atoms with Crippen LogP contribution < -0.4 is 10.2 Å². The van der Waals surface area contributed by atoms with E-state index in [-0.39, 0.29) is 0 Å². The number of nitrogens with zero attached hydrogens (tertiary/aromatic N) is 3. The predicted molar refractivity (Wildman–Crippen MR) is 73.3 cm³/mol. The third-order valence-electron chi connectivity index (χ3n) is 2.81. The zero-order chi connectivity index (χ0) is 12.8. The fourth-order valence-corrected chi connectivity index (χ4v) is 1.95. The van der Waals surface area contributed by atoms with Crippen LogP contribution in [-0.4, -0.2) is 24.1 Å². The molecule has 2 aromatic rings. The van der Waals surface area contributed by atoms with Gasteiger partial charge in [-0.1, -0.05) is 6.07 Å². The minimum atomic E-state index is 0.830. The fraction of sp³-hybridized carbons (Fsp3) is 0.286. The van der Waals surface area contributed by atoms with E-state index in [4.69, 9.17) is 0 Å². The Hall–Kier alpha value is -1.94. The molecule has 1 N–H and O–H groups in total. The second kappa shape index (κ2) is 6.12. The zero-order valence-corrected chi connectivity index (χ0v) is 10.8. The van der Waals surface area contributed by atoms with Crippen molar-refractivity contribution < 1.29 is 0 Å². The molecule has 0 saturated heterocycles. The van der Waals surface area contributed by atoms with Gasteiger partial charge in [-0.25, -0.2) is 0 Å². The predicted octanol–water partition coefficient (Wildman–Crippen LogP) is 1.83. The van der Waals surface area contributed by atoms with Crippen LogP contribution in [0.2, 0.25) is 0 Å². The first-order valence-electron chi connectivity index (χ1n) is 5.99. The van der Waals surface area contributed by atoms with Crippen molar-refractivity contribution in [3.8, 4) is 0 Å². The van der Waals surface area contributed by atoms with Gasteiger partial charge in [-0.3, -0.25) is 9.97 Å². The molecule has 2 heterocycles. The van der Waals surface area contributed by atoms with Gasteiger partial charge in [-0.2, -0.15) is 0 Å². The van der Waals surface area contributed by atoms with Crippen LogP contribution in [0.3, 0.4) is 0 Å². The highest BCUT2D eigenvalue weighted by molar-refractivity contribution is 5.51. The normalized spacial score (nSPS) is 10.3. The summed E-state index contributed by atoms with van der Waals surface area (Å²) in [6, 6.07) is 6.09. The third kappa shape index (κ3) is 3.05. The first-order valence-corrected chi connectivity index (χ1v) is 5.99. The Morgan fingerprint density at radius 3 is 2.72 bits per heavy atom. The minimum absolute atomic E-state index is 0.830. The molecule has 2 rings (SSSR count). The summed E-state index contributed by atoms with van der Waals surface area (Å²) in [5.41, 5.74) is 3.59. The molecule has 0 atom stereocenters. The molecule has 0 fully saturated rings. The second-order valence-corrected chi connectivity index (χ2v) is 4.25. The van der Waals surface area contributed by atoms with Gasteiger partial charge >= 0.3 is 0 Å². The number of hydrogen-bond donors (Lipinski definition) is 1. The molecular formula is C14H18N4. The summed E-state index contributed by atoms with van der Waals surface area (Å²) < 4.78 is 0. The lowest BCUT2D eigenvalue weighted by Gasteiger charge is -2.21. The zero-order valence-electron chi connectivity index (χ0n) is 10.8. The van der Waals surface area contributed by atoms with E-state index < -0.39 is 0 Å². The van der Waals surface area contributed by atoms with Gasteiger partial charge in [-0.15, -0.1) is 0 Å². The Labute approximate surface area is 108 Å². The summed E-state index contributed by atoms with van der Waals surface area (Å²) in [5.74, 6) is 0. The standard InChI is InChI=1S/C14H18N4/c1-15-9-13-5-7-17-10-14(13)18(2)11-12-4-3-6-16-8-12/h3-8,10,15H,9,11H2,1-2H3. The van der Waals surface area contributed by atoms with Gasteiger partial charge in [0.1, 0.15) is 0 Å². The van der Waals surface area contributed by atoms with E-state index in [0.29, 0.717) is 0 Å². The Morgan fingerprint density at radius 2 is 2.00 bits per heavy atom. The number of nitrogens with one attached hydrogen (secondary N) is 1. The smallest absolute Gasteiger partial charge is 0.0598 e. The van der Waals surface area contributed by atoms with Crippen LogP contribution in [0, 0.1) is 0 Å². The van der Waals surface area contributed by atoms with Crippen molar-refractivity contribution in [3.63, 3.8) is 0 Å². The first kappa shape index (κ1) is 12.5. The summed E-state index contributed by atoms with van der Waals surface area (Å²) in [6.07, 6.45) is 7.42. The van der Waals surface area contributed by atoms with Gasteiger partial charge < -0.3 is 10.2 Å². The topological polar surface area (TPSA) is 41.1 Å². The first-order chi connectivity index (χ1) is 8.81. The van der Waals surface area contributed by atoms with Crippen molar-refractivity contribution in [2.45, 2.75) is 13.1 Å². The van der Waals surface area contributed by atoms with Gasteiger partial charge in [0, 0.05) is 38.7 Å². The highest BCUT2D eigenvalue weighted by Crippen LogP contribution is 2.19. The summed E-state index contributed by atoms with van der Waals surface area (Å²) in [6.45, 7) is 1.67. The molecule has 0 spiro atoms. The van der Waals surface area contributed by atoms with Gasteiger partial charge in [0.25, 0.3) is 0 Å². The van der Waals surface area contributed by atoms with Gasteiger partial charge in [0.2, 0.25) is 0 Å². The molecule has 0 bridgehead atoms. The van der Waals surface area contributed by atoms with E-state index in [1.54, 1.807) is 6.20 Å². The largest absolute Gasteiger partial charge is 0.369 e. The van der Waals surface area contributed by atoms with Gasteiger partial charge in [-0.05, 0) is 30.3 Å². The molecule has 0 aliphatic rings. The Morgan fingerprint density at radius 1 is 1.17 bits per heavy atom. The maximum Gasteiger partial charge on any atom is 0.0598 e.